The van der Waals surface area contributed by atoms with Gasteiger partial charge >= 0.3 is 0 Å². The van der Waals surface area contributed by atoms with Gasteiger partial charge in [0.05, 0.1) is 10.6 Å². The third-order valence-electron chi connectivity index (χ3n) is 3.73. The van der Waals surface area contributed by atoms with Crippen LogP contribution in [0.25, 0.3) is 0 Å². The molecule has 7 nitrogen and oxygen atoms in total. The summed E-state index contributed by atoms with van der Waals surface area (Å²) in [5, 5.41) is 6.23. The van der Waals surface area contributed by atoms with Crippen LogP contribution < -0.4 is 10.6 Å². The van der Waals surface area contributed by atoms with Crippen LogP contribution in [0.15, 0.2) is 38.6 Å². The Hall–Kier alpha value is -1.16. The molecule has 1 aromatic carbocycles. The molecule has 2 N–H and O–H groups in total. The lowest BCUT2D eigenvalue weighted by Crippen LogP contribution is -2.42. The van der Waals surface area contributed by atoms with Crippen molar-refractivity contribution >= 4 is 31.7 Å². The van der Waals surface area contributed by atoms with Gasteiger partial charge in [0.25, 0.3) is 0 Å². The number of hydrogen-bond donors (Lipinski definition) is 2. The van der Waals surface area contributed by atoms with E-state index >= 15 is 0 Å². The Balaban J connectivity index is 2.32. The molecule has 0 bridgehead atoms. The molecule has 0 aliphatic rings. The number of likely N-dealkylation sites (N-methyl/N-ethyl adjacent to an activating group) is 1. The number of guanidine groups is 1. The van der Waals surface area contributed by atoms with Crippen molar-refractivity contribution in [3.63, 3.8) is 0 Å². The number of rotatable bonds is 11. The molecule has 0 amide bonds. The van der Waals surface area contributed by atoms with E-state index in [-0.39, 0.29) is 5.75 Å². The zero-order valence-electron chi connectivity index (χ0n) is 15.7. The quantitative estimate of drug-likeness (QED) is 0.302. The first-order valence-electron chi connectivity index (χ1n) is 8.49. The van der Waals surface area contributed by atoms with Gasteiger partial charge in [-0.05, 0) is 37.7 Å². The average molecular weight is 449 g/mol. The Bertz CT molecular complexity index is 650. The number of methoxy groups -OCH3 is 1. The monoisotopic (exact) mass is 448 g/mol. The van der Waals surface area contributed by atoms with Gasteiger partial charge in [-0.25, -0.2) is 8.42 Å². The molecule has 0 atom stereocenters. The highest BCUT2D eigenvalue weighted by Gasteiger charge is 2.14. The van der Waals surface area contributed by atoms with E-state index in [1.165, 1.54) is 0 Å². The van der Waals surface area contributed by atoms with E-state index < -0.39 is 9.84 Å². The van der Waals surface area contributed by atoms with Gasteiger partial charge in [-0.2, -0.15) is 0 Å². The number of halogens is 1. The molecule has 0 fully saturated rings. The molecule has 0 saturated heterocycles. The minimum atomic E-state index is -3.31. The Morgan fingerprint density at radius 3 is 2.46 bits per heavy atom. The van der Waals surface area contributed by atoms with Crippen molar-refractivity contribution in [1.82, 2.24) is 15.5 Å². The maximum Gasteiger partial charge on any atom is 0.191 e. The lowest BCUT2D eigenvalue weighted by molar-refractivity contribution is 0.180. The summed E-state index contributed by atoms with van der Waals surface area (Å²) in [7, 11) is 2.11. The number of ether oxygens (including phenoxy) is 1. The summed E-state index contributed by atoms with van der Waals surface area (Å²) in [6.45, 7) is 3.60. The lowest BCUT2D eigenvalue weighted by Gasteiger charge is -2.18. The van der Waals surface area contributed by atoms with Crippen LogP contribution in [-0.2, 0) is 14.6 Å². The SMILES string of the molecule is CN=C(NCCN(C)CCCOC)NCCS(=O)(=O)c1ccc(Br)cc1. The Morgan fingerprint density at radius 2 is 1.85 bits per heavy atom. The van der Waals surface area contributed by atoms with Crippen molar-refractivity contribution in [2.45, 2.75) is 11.3 Å². The highest BCUT2D eigenvalue weighted by atomic mass is 79.9. The van der Waals surface area contributed by atoms with Gasteiger partial charge in [0.1, 0.15) is 0 Å². The molecule has 0 radical (unpaired) electrons. The molecule has 148 valence electrons. The summed E-state index contributed by atoms with van der Waals surface area (Å²) in [6.07, 6.45) is 0.994. The Kier molecular flexibility index (Phi) is 10.8. The smallest absolute Gasteiger partial charge is 0.191 e. The first kappa shape index (κ1) is 22.9. The van der Waals surface area contributed by atoms with Crippen LogP contribution in [0.3, 0.4) is 0 Å². The fourth-order valence-electron chi connectivity index (χ4n) is 2.24. The number of nitrogens with zero attached hydrogens (tertiary/aromatic N) is 2. The molecule has 0 aliphatic carbocycles. The molecule has 1 aromatic rings. The van der Waals surface area contributed by atoms with Crippen LogP contribution >= 0.6 is 15.9 Å². The summed E-state index contributed by atoms with van der Waals surface area (Å²) in [5.41, 5.74) is 0. The summed E-state index contributed by atoms with van der Waals surface area (Å²) in [5.74, 6) is 0.605. The van der Waals surface area contributed by atoms with Crippen molar-refractivity contribution in [1.29, 1.82) is 0 Å². The second kappa shape index (κ2) is 12.3. The van der Waals surface area contributed by atoms with E-state index in [1.54, 1.807) is 38.4 Å². The van der Waals surface area contributed by atoms with Crippen molar-refractivity contribution in [2.75, 3.05) is 59.7 Å². The summed E-state index contributed by atoms with van der Waals surface area (Å²) >= 11 is 3.30. The summed E-state index contributed by atoms with van der Waals surface area (Å²) in [6, 6.07) is 6.66. The van der Waals surface area contributed by atoms with E-state index in [9.17, 15) is 8.42 Å². The zero-order valence-corrected chi connectivity index (χ0v) is 18.1. The molecule has 1 rings (SSSR count). The second-order valence-corrected chi connectivity index (χ2v) is 8.87. The van der Waals surface area contributed by atoms with E-state index in [0.29, 0.717) is 17.4 Å². The number of aliphatic imine (C=N–C) groups is 1. The van der Waals surface area contributed by atoms with Gasteiger partial charge < -0.3 is 20.3 Å². The van der Waals surface area contributed by atoms with Crippen LogP contribution in [0.1, 0.15) is 6.42 Å². The van der Waals surface area contributed by atoms with Crippen LogP contribution in [0.2, 0.25) is 0 Å². The van der Waals surface area contributed by atoms with Gasteiger partial charge in [-0.15, -0.1) is 0 Å². The predicted octanol–water partition coefficient (Wildman–Crippen LogP) is 1.36. The minimum Gasteiger partial charge on any atom is -0.385 e. The molecule has 0 aliphatic heterocycles. The molecule has 0 unspecified atom stereocenters. The van der Waals surface area contributed by atoms with Crippen LogP contribution in [0.4, 0.5) is 0 Å². The highest BCUT2D eigenvalue weighted by Crippen LogP contribution is 2.15. The molecule has 0 spiro atoms. The van der Waals surface area contributed by atoms with E-state index in [4.69, 9.17) is 4.74 Å². The van der Waals surface area contributed by atoms with E-state index in [2.05, 4.69) is 43.5 Å². The Labute approximate surface area is 165 Å². The predicted molar refractivity (Wildman–Crippen MR) is 110 cm³/mol. The third kappa shape index (κ3) is 8.98. The highest BCUT2D eigenvalue weighted by molar-refractivity contribution is 9.10. The fraction of sp³-hybridized carbons (Fsp3) is 0.588. The van der Waals surface area contributed by atoms with Crippen molar-refractivity contribution in [3.05, 3.63) is 28.7 Å². The van der Waals surface area contributed by atoms with Gasteiger partial charge in [0.2, 0.25) is 0 Å². The number of hydrogen-bond acceptors (Lipinski definition) is 5. The molecular weight excluding hydrogens is 420 g/mol. The fourth-order valence-corrected chi connectivity index (χ4v) is 3.66. The Morgan fingerprint density at radius 1 is 1.19 bits per heavy atom. The topological polar surface area (TPSA) is 83.0 Å². The van der Waals surface area contributed by atoms with E-state index in [1.807, 2.05) is 0 Å². The first-order chi connectivity index (χ1) is 12.4. The van der Waals surface area contributed by atoms with Gasteiger partial charge in [0, 0.05) is 51.4 Å². The number of sulfone groups is 1. The van der Waals surface area contributed by atoms with Gasteiger partial charge in [-0.1, -0.05) is 15.9 Å². The molecule has 0 saturated carbocycles. The largest absolute Gasteiger partial charge is 0.385 e. The summed E-state index contributed by atoms with van der Waals surface area (Å²) < 4.78 is 30.5. The first-order valence-corrected chi connectivity index (χ1v) is 10.9. The van der Waals surface area contributed by atoms with Gasteiger partial charge in [0.15, 0.2) is 15.8 Å². The van der Waals surface area contributed by atoms with Crippen molar-refractivity contribution in [3.8, 4) is 0 Å². The maximum atomic E-state index is 12.3. The zero-order chi connectivity index (χ0) is 19.4. The molecule has 0 aromatic heterocycles. The molecular formula is C17H29BrN4O3S. The van der Waals surface area contributed by atoms with E-state index in [0.717, 1.165) is 37.1 Å². The van der Waals surface area contributed by atoms with Crippen molar-refractivity contribution in [2.24, 2.45) is 4.99 Å². The van der Waals surface area contributed by atoms with Crippen LogP contribution in [-0.4, -0.2) is 79.0 Å². The van der Waals surface area contributed by atoms with Crippen LogP contribution in [0, 0.1) is 0 Å². The van der Waals surface area contributed by atoms with Crippen LogP contribution in [0.5, 0.6) is 0 Å². The summed E-state index contributed by atoms with van der Waals surface area (Å²) in [4.78, 5) is 6.65. The minimum absolute atomic E-state index is 0.00620. The average Bonchev–Trinajstić information content (AvgIpc) is 2.61. The van der Waals surface area contributed by atoms with Crippen molar-refractivity contribution < 1.29 is 13.2 Å². The van der Waals surface area contributed by atoms with Gasteiger partial charge in [-0.3, -0.25) is 4.99 Å². The second-order valence-electron chi connectivity index (χ2n) is 5.85. The lowest BCUT2D eigenvalue weighted by atomic mass is 10.4. The number of benzene rings is 1. The molecule has 9 heteroatoms. The standard InChI is InChI=1S/C17H29BrN4O3S/c1-19-17(20-9-12-22(2)11-4-13-25-3)21-10-14-26(23,24)16-7-5-15(18)6-8-16/h5-8H,4,9-14H2,1-3H3,(H2,19,20,21). The maximum absolute atomic E-state index is 12.3. The third-order valence-corrected chi connectivity index (χ3v) is 5.99. The molecule has 26 heavy (non-hydrogen) atoms. The normalized spacial score (nSPS) is 12.4. The molecule has 0 heterocycles. The number of nitrogens with one attached hydrogen (secondary N) is 2.